The molecule has 0 aromatic rings. The van der Waals surface area contributed by atoms with Crippen molar-refractivity contribution < 1.29 is 4.79 Å². The maximum atomic E-state index is 11.2. The fourth-order valence-corrected chi connectivity index (χ4v) is 1.59. The Hall–Kier alpha value is -1.08. The van der Waals surface area contributed by atoms with Crippen molar-refractivity contribution in [3.8, 4) is 6.07 Å². The predicted octanol–water partition coefficient (Wildman–Crippen LogP) is 0.794. The molecule has 2 N–H and O–H groups in total. The second-order valence-corrected chi connectivity index (χ2v) is 4.10. The topological polar surface area (TPSA) is 64.9 Å². The number of hydrogen-bond donors (Lipinski definition) is 2. The van der Waals surface area contributed by atoms with Crippen LogP contribution in [0.5, 0.6) is 0 Å². The molecule has 1 rings (SSSR count). The molecule has 0 radical (unpaired) electrons. The van der Waals surface area contributed by atoms with Crippen molar-refractivity contribution in [3.05, 3.63) is 0 Å². The molecule has 1 amide bonds. The van der Waals surface area contributed by atoms with Gasteiger partial charge in [-0.1, -0.05) is 19.8 Å². The SMILES string of the molecule is CCC(CC1CC1)NCC(=O)NCC#N. The van der Waals surface area contributed by atoms with E-state index >= 15 is 0 Å². The van der Waals surface area contributed by atoms with Crippen molar-refractivity contribution >= 4 is 5.91 Å². The van der Waals surface area contributed by atoms with Crippen molar-refractivity contribution in [3.63, 3.8) is 0 Å². The molecule has 0 heterocycles. The minimum atomic E-state index is -0.0919. The van der Waals surface area contributed by atoms with Crippen molar-refractivity contribution in [2.24, 2.45) is 5.92 Å². The Kier molecular flexibility index (Phi) is 5.13. The van der Waals surface area contributed by atoms with E-state index < -0.39 is 0 Å². The molecule has 0 aromatic heterocycles. The first-order chi connectivity index (χ1) is 7.26. The van der Waals surface area contributed by atoms with Crippen LogP contribution in [-0.2, 0) is 4.79 Å². The lowest BCUT2D eigenvalue weighted by molar-refractivity contribution is -0.120. The molecule has 4 heteroatoms. The molecule has 1 aliphatic rings. The molecular formula is C11H19N3O. The number of nitrogens with zero attached hydrogens (tertiary/aromatic N) is 1. The Balaban J connectivity index is 2.09. The summed E-state index contributed by atoms with van der Waals surface area (Å²) in [7, 11) is 0. The molecule has 0 bridgehead atoms. The maximum absolute atomic E-state index is 11.2. The smallest absolute Gasteiger partial charge is 0.234 e. The molecule has 0 saturated heterocycles. The number of nitriles is 1. The highest BCUT2D eigenvalue weighted by molar-refractivity contribution is 5.78. The van der Waals surface area contributed by atoms with Gasteiger partial charge >= 0.3 is 0 Å². The van der Waals surface area contributed by atoms with Crippen LogP contribution in [0.2, 0.25) is 0 Å². The number of amides is 1. The van der Waals surface area contributed by atoms with E-state index in [1.807, 2.05) is 6.07 Å². The third-order valence-electron chi connectivity index (χ3n) is 2.72. The van der Waals surface area contributed by atoms with E-state index in [0.29, 0.717) is 12.6 Å². The molecular weight excluding hydrogens is 190 g/mol. The summed E-state index contributed by atoms with van der Waals surface area (Å²) in [4.78, 5) is 11.2. The highest BCUT2D eigenvalue weighted by Gasteiger charge is 2.24. The van der Waals surface area contributed by atoms with Gasteiger partial charge in [-0.25, -0.2) is 0 Å². The van der Waals surface area contributed by atoms with Crippen molar-refractivity contribution in [1.29, 1.82) is 5.26 Å². The van der Waals surface area contributed by atoms with Crippen molar-refractivity contribution in [2.45, 2.75) is 38.6 Å². The quantitative estimate of drug-likeness (QED) is 0.609. The zero-order valence-electron chi connectivity index (χ0n) is 9.25. The Bertz CT molecular complexity index is 243. The summed E-state index contributed by atoms with van der Waals surface area (Å²) in [6.45, 7) is 2.56. The molecule has 15 heavy (non-hydrogen) atoms. The minimum Gasteiger partial charge on any atom is -0.342 e. The average molecular weight is 209 g/mol. The van der Waals surface area contributed by atoms with Gasteiger partial charge in [0.2, 0.25) is 5.91 Å². The number of nitrogens with one attached hydrogen (secondary N) is 2. The first-order valence-corrected chi connectivity index (χ1v) is 5.63. The Morgan fingerprint density at radius 3 is 2.87 bits per heavy atom. The second-order valence-electron chi connectivity index (χ2n) is 4.10. The van der Waals surface area contributed by atoms with E-state index in [-0.39, 0.29) is 12.5 Å². The van der Waals surface area contributed by atoms with Gasteiger partial charge in [-0.3, -0.25) is 4.79 Å². The Labute approximate surface area is 91.0 Å². The van der Waals surface area contributed by atoms with Gasteiger partial charge in [0.1, 0.15) is 6.54 Å². The number of carbonyl (C=O) groups is 1. The van der Waals surface area contributed by atoms with Crippen LogP contribution < -0.4 is 10.6 Å². The Morgan fingerprint density at radius 2 is 2.33 bits per heavy atom. The van der Waals surface area contributed by atoms with E-state index in [9.17, 15) is 4.79 Å². The van der Waals surface area contributed by atoms with Crippen LogP contribution in [-0.4, -0.2) is 25.0 Å². The van der Waals surface area contributed by atoms with E-state index in [1.165, 1.54) is 19.3 Å². The maximum Gasteiger partial charge on any atom is 0.234 e. The Morgan fingerprint density at radius 1 is 1.60 bits per heavy atom. The molecule has 1 saturated carbocycles. The number of hydrogen-bond acceptors (Lipinski definition) is 3. The molecule has 0 aliphatic heterocycles. The van der Waals surface area contributed by atoms with Gasteiger partial charge < -0.3 is 10.6 Å². The van der Waals surface area contributed by atoms with Crippen LogP contribution >= 0.6 is 0 Å². The monoisotopic (exact) mass is 209 g/mol. The van der Waals surface area contributed by atoms with Gasteiger partial charge in [0.25, 0.3) is 0 Å². The largest absolute Gasteiger partial charge is 0.342 e. The lowest BCUT2D eigenvalue weighted by Gasteiger charge is -2.15. The highest BCUT2D eigenvalue weighted by Crippen LogP contribution is 2.33. The first kappa shape index (κ1) is 12.0. The van der Waals surface area contributed by atoms with Crippen molar-refractivity contribution in [2.75, 3.05) is 13.1 Å². The summed E-state index contributed by atoms with van der Waals surface area (Å²) < 4.78 is 0. The van der Waals surface area contributed by atoms with Gasteiger partial charge in [0.05, 0.1) is 12.6 Å². The van der Waals surface area contributed by atoms with Crippen LogP contribution in [0.4, 0.5) is 0 Å². The van der Waals surface area contributed by atoms with E-state index in [4.69, 9.17) is 5.26 Å². The summed E-state index contributed by atoms with van der Waals surface area (Å²) in [6.07, 6.45) is 4.93. The molecule has 1 fully saturated rings. The van der Waals surface area contributed by atoms with E-state index in [2.05, 4.69) is 17.6 Å². The normalized spacial score (nSPS) is 16.8. The molecule has 1 aliphatic carbocycles. The van der Waals surface area contributed by atoms with Gasteiger partial charge in [0, 0.05) is 6.04 Å². The summed E-state index contributed by atoms with van der Waals surface area (Å²) in [5, 5.41) is 14.0. The minimum absolute atomic E-state index is 0.0919. The summed E-state index contributed by atoms with van der Waals surface area (Å²) >= 11 is 0. The lowest BCUT2D eigenvalue weighted by Crippen LogP contribution is -2.39. The van der Waals surface area contributed by atoms with Crippen LogP contribution in [0.3, 0.4) is 0 Å². The van der Waals surface area contributed by atoms with E-state index in [0.717, 1.165) is 12.3 Å². The van der Waals surface area contributed by atoms with Gasteiger partial charge in [0.15, 0.2) is 0 Å². The average Bonchev–Trinajstić information content (AvgIpc) is 3.04. The number of carbonyl (C=O) groups excluding carboxylic acids is 1. The fourth-order valence-electron chi connectivity index (χ4n) is 1.59. The van der Waals surface area contributed by atoms with Crippen molar-refractivity contribution in [1.82, 2.24) is 10.6 Å². The van der Waals surface area contributed by atoms with Crippen LogP contribution in [0.25, 0.3) is 0 Å². The molecule has 84 valence electrons. The summed E-state index contributed by atoms with van der Waals surface area (Å²) in [5.41, 5.74) is 0. The molecule has 4 nitrogen and oxygen atoms in total. The third-order valence-corrected chi connectivity index (χ3v) is 2.72. The summed E-state index contributed by atoms with van der Waals surface area (Å²) in [5.74, 6) is 0.787. The summed E-state index contributed by atoms with van der Waals surface area (Å²) in [6, 6.07) is 2.33. The molecule has 0 spiro atoms. The van der Waals surface area contributed by atoms with Crippen LogP contribution in [0.1, 0.15) is 32.6 Å². The molecule has 1 unspecified atom stereocenters. The fraction of sp³-hybridized carbons (Fsp3) is 0.818. The van der Waals surface area contributed by atoms with Gasteiger partial charge in [-0.05, 0) is 18.8 Å². The van der Waals surface area contributed by atoms with Crippen LogP contribution in [0, 0.1) is 17.2 Å². The van der Waals surface area contributed by atoms with Gasteiger partial charge in [-0.15, -0.1) is 0 Å². The zero-order valence-corrected chi connectivity index (χ0v) is 9.25. The predicted molar refractivity (Wildman–Crippen MR) is 58.0 cm³/mol. The zero-order chi connectivity index (χ0) is 11.1. The van der Waals surface area contributed by atoms with Crippen LogP contribution in [0.15, 0.2) is 0 Å². The van der Waals surface area contributed by atoms with E-state index in [1.54, 1.807) is 0 Å². The second kappa shape index (κ2) is 6.41. The number of rotatable bonds is 7. The van der Waals surface area contributed by atoms with Gasteiger partial charge in [-0.2, -0.15) is 5.26 Å². The first-order valence-electron chi connectivity index (χ1n) is 5.63. The lowest BCUT2D eigenvalue weighted by atomic mass is 10.1. The molecule has 1 atom stereocenters. The third kappa shape index (κ3) is 5.38. The molecule has 0 aromatic carbocycles. The standard InChI is InChI=1S/C11H19N3O/c1-2-10(7-9-3-4-9)14-8-11(15)13-6-5-12/h9-10,14H,2-4,6-8H2,1H3,(H,13,15). The highest BCUT2D eigenvalue weighted by atomic mass is 16.1.